The average Bonchev–Trinajstić information content (AvgIpc) is 2.64. The number of thiazole rings is 1. The Balaban J connectivity index is 1.90. The molecular formula is C12H21N3S. The minimum absolute atomic E-state index is 0.319. The van der Waals surface area contributed by atoms with Gasteiger partial charge in [-0.1, -0.05) is 0 Å². The van der Waals surface area contributed by atoms with Crippen LogP contribution >= 0.6 is 11.3 Å². The molecule has 0 aliphatic carbocycles. The molecule has 1 aliphatic rings. The Morgan fingerprint density at radius 2 is 2.50 bits per heavy atom. The summed E-state index contributed by atoms with van der Waals surface area (Å²) in [4.78, 5) is 7.01. The minimum atomic E-state index is 0.319. The van der Waals surface area contributed by atoms with Crippen molar-refractivity contribution >= 4 is 11.3 Å². The van der Waals surface area contributed by atoms with Crippen molar-refractivity contribution in [1.82, 2.24) is 9.88 Å². The van der Waals surface area contributed by atoms with E-state index >= 15 is 0 Å². The van der Waals surface area contributed by atoms with Crippen molar-refractivity contribution < 1.29 is 0 Å². The number of aromatic nitrogens is 1. The summed E-state index contributed by atoms with van der Waals surface area (Å²) in [5.74, 6) is 0.661. The molecule has 0 radical (unpaired) electrons. The normalized spacial score (nSPS) is 24.6. The lowest BCUT2D eigenvalue weighted by Gasteiger charge is -2.34. The van der Waals surface area contributed by atoms with Crippen LogP contribution in [-0.2, 0) is 6.54 Å². The van der Waals surface area contributed by atoms with E-state index in [0.29, 0.717) is 12.0 Å². The van der Waals surface area contributed by atoms with Gasteiger partial charge in [0.1, 0.15) is 0 Å². The molecule has 2 atom stereocenters. The maximum atomic E-state index is 5.99. The Kier molecular flexibility index (Phi) is 3.95. The first-order valence-corrected chi connectivity index (χ1v) is 6.92. The lowest BCUT2D eigenvalue weighted by molar-refractivity contribution is 0.153. The highest BCUT2D eigenvalue weighted by molar-refractivity contribution is 7.09. The predicted octanol–water partition coefficient (Wildman–Crippen LogP) is 2.01. The molecule has 0 spiro atoms. The van der Waals surface area contributed by atoms with Crippen molar-refractivity contribution in [2.75, 3.05) is 13.1 Å². The Hall–Kier alpha value is -0.450. The summed E-state index contributed by atoms with van der Waals surface area (Å²) in [5.41, 5.74) is 7.20. The number of nitrogens with two attached hydrogens (primary N) is 1. The SMILES string of the molecule is Cc1nc(CN2CCCC(C(C)N)C2)cs1. The molecule has 1 aliphatic heterocycles. The Morgan fingerprint density at radius 3 is 3.12 bits per heavy atom. The minimum Gasteiger partial charge on any atom is -0.328 e. The van der Waals surface area contributed by atoms with E-state index in [1.54, 1.807) is 11.3 Å². The Morgan fingerprint density at radius 1 is 1.69 bits per heavy atom. The number of aryl methyl sites for hydroxylation is 1. The van der Waals surface area contributed by atoms with Crippen LogP contribution < -0.4 is 5.73 Å². The summed E-state index contributed by atoms with van der Waals surface area (Å²) in [5, 5.41) is 3.33. The van der Waals surface area contributed by atoms with Gasteiger partial charge in [-0.3, -0.25) is 4.90 Å². The summed E-state index contributed by atoms with van der Waals surface area (Å²) < 4.78 is 0. The summed E-state index contributed by atoms with van der Waals surface area (Å²) in [6.07, 6.45) is 2.56. The van der Waals surface area contributed by atoms with Crippen LogP contribution in [0.4, 0.5) is 0 Å². The van der Waals surface area contributed by atoms with Gasteiger partial charge in [-0.25, -0.2) is 4.98 Å². The fraction of sp³-hybridized carbons (Fsp3) is 0.750. The van der Waals surface area contributed by atoms with E-state index in [1.807, 2.05) is 0 Å². The molecule has 0 amide bonds. The molecule has 0 saturated carbocycles. The second-order valence-corrected chi connectivity index (χ2v) is 5.92. The number of likely N-dealkylation sites (tertiary alicyclic amines) is 1. The fourth-order valence-electron chi connectivity index (χ4n) is 2.37. The summed E-state index contributed by atoms with van der Waals surface area (Å²) in [6, 6.07) is 0.319. The molecule has 4 heteroatoms. The van der Waals surface area contributed by atoms with Crippen LogP contribution in [0.25, 0.3) is 0 Å². The van der Waals surface area contributed by atoms with Gasteiger partial charge in [0, 0.05) is 24.5 Å². The third-order valence-corrected chi connectivity index (χ3v) is 4.16. The van der Waals surface area contributed by atoms with Gasteiger partial charge in [-0.2, -0.15) is 0 Å². The zero-order valence-corrected chi connectivity index (χ0v) is 11.0. The summed E-state index contributed by atoms with van der Waals surface area (Å²) in [7, 11) is 0. The van der Waals surface area contributed by atoms with Crippen molar-refractivity contribution in [3.8, 4) is 0 Å². The highest BCUT2D eigenvalue weighted by atomic mass is 32.1. The van der Waals surface area contributed by atoms with Crippen molar-refractivity contribution in [2.24, 2.45) is 11.7 Å². The van der Waals surface area contributed by atoms with Gasteiger partial charge in [-0.15, -0.1) is 11.3 Å². The predicted molar refractivity (Wildman–Crippen MR) is 68.5 cm³/mol. The van der Waals surface area contributed by atoms with Crippen LogP contribution in [0.2, 0.25) is 0 Å². The molecule has 1 aromatic rings. The first-order valence-electron chi connectivity index (χ1n) is 6.04. The quantitative estimate of drug-likeness (QED) is 0.877. The molecule has 16 heavy (non-hydrogen) atoms. The van der Waals surface area contributed by atoms with E-state index < -0.39 is 0 Å². The lowest BCUT2D eigenvalue weighted by atomic mass is 9.92. The van der Waals surface area contributed by atoms with Crippen LogP contribution in [-0.4, -0.2) is 29.0 Å². The number of nitrogens with zero attached hydrogens (tertiary/aromatic N) is 2. The smallest absolute Gasteiger partial charge is 0.0897 e. The van der Waals surface area contributed by atoms with Gasteiger partial charge in [0.15, 0.2) is 0 Å². The van der Waals surface area contributed by atoms with E-state index in [4.69, 9.17) is 5.73 Å². The second-order valence-electron chi connectivity index (χ2n) is 4.85. The number of hydrogen-bond acceptors (Lipinski definition) is 4. The van der Waals surface area contributed by atoms with Crippen LogP contribution in [0.5, 0.6) is 0 Å². The third-order valence-electron chi connectivity index (χ3n) is 3.34. The largest absolute Gasteiger partial charge is 0.328 e. The lowest BCUT2D eigenvalue weighted by Crippen LogP contribution is -2.41. The fourth-order valence-corrected chi connectivity index (χ4v) is 2.98. The highest BCUT2D eigenvalue weighted by Crippen LogP contribution is 2.20. The zero-order valence-electron chi connectivity index (χ0n) is 10.1. The molecule has 2 heterocycles. The van der Waals surface area contributed by atoms with Crippen LogP contribution in [0.3, 0.4) is 0 Å². The maximum Gasteiger partial charge on any atom is 0.0897 e. The van der Waals surface area contributed by atoms with E-state index in [-0.39, 0.29) is 0 Å². The molecule has 0 bridgehead atoms. The third kappa shape index (κ3) is 3.03. The van der Waals surface area contributed by atoms with Gasteiger partial charge in [0.2, 0.25) is 0 Å². The van der Waals surface area contributed by atoms with Crippen molar-refractivity contribution in [3.63, 3.8) is 0 Å². The topological polar surface area (TPSA) is 42.2 Å². The van der Waals surface area contributed by atoms with Gasteiger partial charge in [0.05, 0.1) is 10.7 Å². The molecule has 1 aromatic heterocycles. The molecular weight excluding hydrogens is 218 g/mol. The number of rotatable bonds is 3. The van der Waals surface area contributed by atoms with E-state index in [2.05, 4.69) is 29.1 Å². The van der Waals surface area contributed by atoms with E-state index in [9.17, 15) is 0 Å². The van der Waals surface area contributed by atoms with Crippen molar-refractivity contribution in [1.29, 1.82) is 0 Å². The Bertz CT molecular complexity index is 335. The molecule has 1 fully saturated rings. The van der Waals surface area contributed by atoms with Crippen LogP contribution in [0, 0.1) is 12.8 Å². The highest BCUT2D eigenvalue weighted by Gasteiger charge is 2.22. The molecule has 2 rings (SSSR count). The molecule has 90 valence electrons. The monoisotopic (exact) mass is 239 g/mol. The maximum absolute atomic E-state index is 5.99. The van der Waals surface area contributed by atoms with Gasteiger partial charge in [-0.05, 0) is 39.2 Å². The van der Waals surface area contributed by atoms with Gasteiger partial charge >= 0.3 is 0 Å². The van der Waals surface area contributed by atoms with Crippen molar-refractivity contribution in [3.05, 3.63) is 16.1 Å². The number of hydrogen-bond donors (Lipinski definition) is 1. The van der Waals surface area contributed by atoms with Gasteiger partial charge < -0.3 is 5.73 Å². The average molecular weight is 239 g/mol. The molecule has 1 saturated heterocycles. The molecule has 2 unspecified atom stereocenters. The first-order chi connectivity index (χ1) is 7.65. The van der Waals surface area contributed by atoms with Crippen LogP contribution in [0.15, 0.2) is 5.38 Å². The zero-order chi connectivity index (χ0) is 11.5. The summed E-state index contributed by atoms with van der Waals surface area (Å²) >= 11 is 1.74. The molecule has 3 nitrogen and oxygen atoms in total. The van der Waals surface area contributed by atoms with E-state index in [0.717, 1.165) is 18.1 Å². The second kappa shape index (κ2) is 5.25. The molecule has 2 N–H and O–H groups in total. The molecule has 0 aromatic carbocycles. The van der Waals surface area contributed by atoms with Crippen LogP contribution in [0.1, 0.15) is 30.5 Å². The first kappa shape index (κ1) is 12.0. The van der Waals surface area contributed by atoms with Gasteiger partial charge in [0.25, 0.3) is 0 Å². The Labute approximate surface area is 102 Å². The number of piperidine rings is 1. The summed E-state index contributed by atoms with van der Waals surface area (Å²) in [6.45, 7) is 7.51. The van der Waals surface area contributed by atoms with Crippen molar-refractivity contribution in [2.45, 2.75) is 39.3 Å². The van der Waals surface area contributed by atoms with E-state index in [1.165, 1.54) is 25.1 Å². The standard InChI is InChI=1S/C12H21N3S/c1-9(13)11-4-3-5-15(6-11)7-12-8-16-10(2)14-12/h8-9,11H,3-7,13H2,1-2H3.